The van der Waals surface area contributed by atoms with Crippen LogP contribution in [0.1, 0.15) is 45.4 Å². The van der Waals surface area contributed by atoms with Crippen LogP contribution in [0.25, 0.3) is 0 Å². The smallest absolute Gasteiger partial charge is 0.321 e. The second-order valence-electron chi connectivity index (χ2n) is 10.2. The number of carbonyl (C=O) groups is 2. The second kappa shape index (κ2) is 8.24. The van der Waals surface area contributed by atoms with Crippen molar-refractivity contribution in [1.29, 1.82) is 0 Å². The van der Waals surface area contributed by atoms with Gasteiger partial charge in [0.2, 0.25) is 5.91 Å². The molecule has 31 heavy (non-hydrogen) atoms. The zero-order valence-electron chi connectivity index (χ0n) is 18.1. The lowest BCUT2D eigenvalue weighted by Crippen LogP contribution is -2.63. The Labute approximate surface area is 188 Å². The van der Waals surface area contributed by atoms with Crippen molar-refractivity contribution in [1.82, 2.24) is 20.5 Å². The van der Waals surface area contributed by atoms with Crippen molar-refractivity contribution in [2.45, 2.75) is 57.0 Å². The van der Waals surface area contributed by atoms with Gasteiger partial charge < -0.3 is 10.2 Å². The van der Waals surface area contributed by atoms with E-state index in [1.165, 1.54) is 19.3 Å². The van der Waals surface area contributed by atoms with E-state index in [0.29, 0.717) is 5.02 Å². The van der Waals surface area contributed by atoms with Crippen molar-refractivity contribution in [3.63, 3.8) is 0 Å². The van der Waals surface area contributed by atoms with Crippen LogP contribution in [0.5, 0.6) is 0 Å². The summed E-state index contributed by atoms with van der Waals surface area (Å²) in [6.07, 6.45) is 8.88. The van der Waals surface area contributed by atoms with Crippen LogP contribution in [-0.2, 0) is 4.79 Å². The Morgan fingerprint density at radius 3 is 2.23 bits per heavy atom. The first-order valence-corrected chi connectivity index (χ1v) is 12.0. The molecule has 5 aliphatic rings. The Morgan fingerprint density at radius 1 is 1.06 bits per heavy atom. The number of hydrogen-bond acceptors (Lipinski definition) is 5. The lowest BCUT2D eigenvalue weighted by atomic mass is 9.53. The second-order valence-corrected chi connectivity index (χ2v) is 10.6. The molecule has 7 nitrogen and oxygen atoms in total. The van der Waals surface area contributed by atoms with Gasteiger partial charge in [-0.2, -0.15) is 0 Å². The summed E-state index contributed by atoms with van der Waals surface area (Å²) in [5.41, 5.74) is -0.0838. The summed E-state index contributed by atoms with van der Waals surface area (Å²) in [4.78, 5) is 34.2. The molecule has 6 rings (SSSR count). The molecule has 2 heterocycles. The first-order chi connectivity index (χ1) is 14.9. The summed E-state index contributed by atoms with van der Waals surface area (Å²) >= 11 is 5.92. The number of urea groups is 1. The number of piperazine rings is 1. The van der Waals surface area contributed by atoms with Gasteiger partial charge in [0.15, 0.2) is 0 Å². The zero-order valence-corrected chi connectivity index (χ0v) is 18.9. The molecule has 4 bridgehead atoms. The van der Waals surface area contributed by atoms with E-state index in [0.717, 1.165) is 69.0 Å². The maximum Gasteiger partial charge on any atom is 0.321 e. The third-order valence-electron chi connectivity index (χ3n) is 7.93. The monoisotopic (exact) mass is 445 g/mol. The summed E-state index contributed by atoms with van der Waals surface area (Å²) in [6, 6.07) is 3.10. The fraction of sp³-hybridized carbons (Fsp3) is 0.696. The van der Waals surface area contributed by atoms with Gasteiger partial charge in [0.05, 0.1) is 11.1 Å². The third kappa shape index (κ3) is 4.40. The normalized spacial score (nSPS) is 33.2. The standard InChI is InChI=1S/C23H32ClN5O2/c1-15(28-4-6-29(7-5-28)20-3-2-19(24)14-25-20)21(30)26-22(31)27-23-11-16-8-17(12-23)10-18(9-16)13-23/h2-3,14-18H,4-13H2,1H3,(H2,26,27,30,31). The number of amides is 3. The lowest BCUT2D eigenvalue weighted by molar-refractivity contribution is -0.125. The summed E-state index contributed by atoms with van der Waals surface area (Å²) in [5, 5.41) is 6.48. The van der Waals surface area contributed by atoms with E-state index >= 15 is 0 Å². The van der Waals surface area contributed by atoms with Crippen molar-refractivity contribution in [2.75, 3.05) is 31.1 Å². The molecule has 168 valence electrons. The van der Waals surface area contributed by atoms with Gasteiger partial charge in [-0.25, -0.2) is 9.78 Å². The predicted octanol–water partition coefficient (Wildman–Crippen LogP) is 3.04. The molecule has 0 spiro atoms. The van der Waals surface area contributed by atoms with Gasteiger partial charge in [-0.15, -0.1) is 0 Å². The molecule has 5 fully saturated rings. The van der Waals surface area contributed by atoms with Crippen molar-refractivity contribution in [3.8, 4) is 0 Å². The molecule has 2 N–H and O–H groups in total. The van der Waals surface area contributed by atoms with Crippen LogP contribution in [0.4, 0.5) is 10.6 Å². The molecule has 1 saturated heterocycles. The van der Waals surface area contributed by atoms with Crippen LogP contribution in [-0.4, -0.2) is 59.6 Å². The van der Waals surface area contributed by atoms with Gasteiger partial charge in [-0.3, -0.25) is 15.0 Å². The largest absolute Gasteiger partial charge is 0.354 e. The van der Waals surface area contributed by atoms with E-state index in [-0.39, 0.29) is 23.5 Å². The number of halogens is 1. The Morgan fingerprint density at radius 2 is 1.68 bits per heavy atom. The summed E-state index contributed by atoms with van der Waals surface area (Å²) in [7, 11) is 0. The number of carbonyl (C=O) groups excluding carboxylic acids is 2. The minimum absolute atomic E-state index is 0.0838. The average Bonchev–Trinajstić information content (AvgIpc) is 2.72. The average molecular weight is 446 g/mol. The van der Waals surface area contributed by atoms with Crippen LogP contribution >= 0.6 is 11.6 Å². The van der Waals surface area contributed by atoms with Crippen LogP contribution in [0.3, 0.4) is 0 Å². The van der Waals surface area contributed by atoms with E-state index in [1.54, 1.807) is 6.20 Å². The Hall–Kier alpha value is -1.86. The fourth-order valence-electron chi connectivity index (χ4n) is 6.81. The number of nitrogens with one attached hydrogen (secondary N) is 2. The van der Waals surface area contributed by atoms with Crippen molar-refractivity contribution >= 4 is 29.4 Å². The van der Waals surface area contributed by atoms with E-state index in [1.807, 2.05) is 19.1 Å². The first kappa shape index (κ1) is 21.0. The molecule has 1 unspecified atom stereocenters. The molecule has 0 aromatic carbocycles. The van der Waals surface area contributed by atoms with Crippen LogP contribution in [0.15, 0.2) is 18.3 Å². The molecule has 1 aromatic heterocycles. The fourth-order valence-corrected chi connectivity index (χ4v) is 6.92. The van der Waals surface area contributed by atoms with E-state index in [9.17, 15) is 9.59 Å². The van der Waals surface area contributed by atoms with Gasteiger partial charge in [-0.05, 0) is 75.3 Å². The molecule has 1 aromatic rings. The lowest BCUT2D eigenvalue weighted by Gasteiger charge is -2.56. The topological polar surface area (TPSA) is 77.6 Å². The van der Waals surface area contributed by atoms with Crippen molar-refractivity contribution in [3.05, 3.63) is 23.4 Å². The maximum absolute atomic E-state index is 12.8. The maximum atomic E-state index is 12.8. The first-order valence-electron chi connectivity index (χ1n) is 11.6. The molecular formula is C23H32ClN5O2. The highest BCUT2D eigenvalue weighted by molar-refractivity contribution is 6.30. The molecule has 1 aliphatic heterocycles. The molecule has 3 amide bonds. The number of nitrogens with zero attached hydrogens (tertiary/aromatic N) is 3. The zero-order chi connectivity index (χ0) is 21.6. The summed E-state index contributed by atoms with van der Waals surface area (Å²) < 4.78 is 0. The Bertz CT molecular complexity index is 802. The number of imide groups is 1. The van der Waals surface area contributed by atoms with E-state index in [4.69, 9.17) is 11.6 Å². The highest BCUT2D eigenvalue weighted by Crippen LogP contribution is 2.55. The Balaban J connectivity index is 1.11. The third-order valence-corrected chi connectivity index (χ3v) is 8.15. The van der Waals surface area contributed by atoms with Gasteiger partial charge in [0.1, 0.15) is 5.82 Å². The molecule has 1 atom stereocenters. The molecular weight excluding hydrogens is 414 g/mol. The molecule has 4 aliphatic carbocycles. The number of anilines is 1. The molecule has 8 heteroatoms. The minimum Gasteiger partial charge on any atom is -0.354 e. The minimum atomic E-state index is -0.345. The van der Waals surface area contributed by atoms with Gasteiger partial charge >= 0.3 is 6.03 Å². The SMILES string of the molecule is CC(C(=O)NC(=O)NC12CC3CC(CC(C3)C1)C2)N1CCN(c2ccc(Cl)cn2)CC1. The van der Waals surface area contributed by atoms with Crippen LogP contribution in [0, 0.1) is 17.8 Å². The Kier molecular flexibility index (Phi) is 5.59. The van der Waals surface area contributed by atoms with Gasteiger partial charge in [0, 0.05) is 37.9 Å². The quantitative estimate of drug-likeness (QED) is 0.744. The van der Waals surface area contributed by atoms with E-state index in [2.05, 4.69) is 25.4 Å². The highest BCUT2D eigenvalue weighted by Gasteiger charge is 2.51. The van der Waals surface area contributed by atoms with Crippen molar-refractivity contribution < 1.29 is 9.59 Å². The van der Waals surface area contributed by atoms with Crippen LogP contribution in [0.2, 0.25) is 5.02 Å². The van der Waals surface area contributed by atoms with Gasteiger partial charge in [-0.1, -0.05) is 11.6 Å². The summed E-state index contributed by atoms with van der Waals surface area (Å²) in [6.45, 7) is 4.94. The van der Waals surface area contributed by atoms with Crippen LogP contribution < -0.4 is 15.5 Å². The number of rotatable bonds is 4. The predicted molar refractivity (Wildman–Crippen MR) is 120 cm³/mol. The van der Waals surface area contributed by atoms with E-state index < -0.39 is 0 Å². The van der Waals surface area contributed by atoms with Gasteiger partial charge in [0.25, 0.3) is 0 Å². The number of pyridine rings is 1. The number of aromatic nitrogens is 1. The number of hydrogen-bond donors (Lipinski definition) is 2. The molecule has 4 saturated carbocycles. The molecule has 0 radical (unpaired) electrons. The van der Waals surface area contributed by atoms with Crippen molar-refractivity contribution in [2.24, 2.45) is 17.8 Å². The highest BCUT2D eigenvalue weighted by atomic mass is 35.5. The summed E-state index contributed by atoms with van der Waals surface area (Å²) in [5.74, 6) is 2.95.